The van der Waals surface area contributed by atoms with E-state index >= 15 is 0 Å². The fourth-order valence-electron chi connectivity index (χ4n) is 1.35. The Morgan fingerprint density at radius 1 is 1.29 bits per heavy atom. The van der Waals surface area contributed by atoms with Gasteiger partial charge in [-0.3, -0.25) is 4.55 Å². The zero-order chi connectivity index (χ0) is 13.3. The van der Waals surface area contributed by atoms with E-state index in [4.69, 9.17) is 4.55 Å². The van der Waals surface area contributed by atoms with Crippen LogP contribution in [0.25, 0.3) is 0 Å². The molecule has 0 fully saturated rings. The molecule has 0 atom stereocenters. The molecule has 0 amide bonds. The summed E-state index contributed by atoms with van der Waals surface area (Å²) in [7, 11) is -4.38. The van der Waals surface area contributed by atoms with Gasteiger partial charge in [-0.05, 0) is 36.6 Å². The van der Waals surface area contributed by atoms with Gasteiger partial charge in [0.15, 0.2) is 0 Å². The molecular weight excluding hydrogens is 257 g/mol. The fraction of sp³-hybridized carbons (Fsp3) is 0.400. The molecule has 0 heterocycles. The van der Waals surface area contributed by atoms with Gasteiger partial charge in [-0.15, -0.1) is 0 Å². The number of rotatable bonds is 3. The molecule has 0 aromatic heterocycles. The first kappa shape index (κ1) is 14.0. The minimum atomic E-state index is -4.38. The van der Waals surface area contributed by atoms with Gasteiger partial charge in [0, 0.05) is 6.42 Å². The third-order valence-corrected chi connectivity index (χ3v) is 3.15. The number of halogens is 3. The van der Waals surface area contributed by atoms with Crippen LogP contribution in [0.1, 0.15) is 17.5 Å². The molecule has 0 radical (unpaired) electrons. The summed E-state index contributed by atoms with van der Waals surface area (Å²) >= 11 is 0. The van der Waals surface area contributed by atoms with Gasteiger partial charge < -0.3 is 0 Å². The third-order valence-electron chi connectivity index (χ3n) is 2.30. The Kier molecular flexibility index (Phi) is 3.83. The van der Waals surface area contributed by atoms with E-state index < -0.39 is 22.7 Å². The Morgan fingerprint density at radius 3 is 2.35 bits per heavy atom. The molecule has 0 unspecified atom stereocenters. The molecule has 1 aromatic carbocycles. The molecule has 0 aliphatic rings. The first-order chi connectivity index (χ1) is 7.59. The highest BCUT2D eigenvalue weighted by molar-refractivity contribution is 7.85. The lowest BCUT2D eigenvalue weighted by atomic mass is 10.0. The fourth-order valence-corrected chi connectivity index (χ4v) is 1.89. The lowest BCUT2D eigenvalue weighted by Crippen LogP contribution is -2.09. The van der Waals surface area contributed by atoms with Gasteiger partial charge in [-0.1, -0.05) is 6.07 Å². The minimum absolute atomic E-state index is 0.262. The van der Waals surface area contributed by atoms with Crippen molar-refractivity contribution in [2.24, 2.45) is 0 Å². The SMILES string of the molecule is Cc1ccc(S(=O)(=O)O)cc1CCC(F)(F)F. The first-order valence-electron chi connectivity index (χ1n) is 4.73. The molecule has 0 spiro atoms. The molecule has 7 heteroatoms. The highest BCUT2D eigenvalue weighted by Gasteiger charge is 2.27. The van der Waals surface area contributed by atoms with E-state index in [-0.39, 0.29) is 16.9 Å². The van der Waals surface area contributed by atoms with Gasteiger partial charge >= 0.3 is 6.18 Å². The summed E-state index contributed by atoms with van der Waals surface area (Å²) in [5.74, 6) is 0. The Labute approximate surface area is 97.0 Å². The molecule has 0 aliphatic heterocycles. The van der Waals surface area contributed by atoms with E-state index in [9.17, 15) is 21.6 Å². The average Bonchev–Trinajstić information content (AvgIpc) is 2.13. The van der Waals surface area contributed by atoms with Crippen LogP contribution in [-0.2, 0) is 16.5 Å². The van der Waals surface area contributed by atoms with E-state index in [1.54, 1.807) is 6.92 Å². The molecule has 0 aliphatic carbocycles. The Balaban J connectivity index is 3.00. The lowest BCUT2D eigenvalue weighted by Gasteiger charge is -2.09. The van der Waals surface area contributed by atoms with E-state index in [1.165, 1.54) is 6.07 Å². The molecular formula is C10H11F3O3S. The van der Waals surface area contributed by atoms with Crippen LogP contribution >= 0.6 is 0 Å². The van der Waals surface area contributed by atoms with Crippen molar-refractivity contribution in [1.82, 2.24) is 0 Å². The smallest absolute Gasteiger partial charge is 0.282 e. The van der Waals surface area contributed by atoms with Crippen molar-refractivity contribution in [3.63, 3.8) is 0 Å². The number of hydrogen-bond acceptors (Lipinski definition) is 2. The van der Waals surface area contributed by atoms with Gasteiger partial charge in [0.1, 0.15) is 0 Å². The van der Waals surface area contributed by atoms with Crippen molar-refractivity contribution in [2.45, 2.75) is 30.8 Å². The Bertz CT molecular complexity index is 506. The zero-order valence-electron chi connectivity index (χ0n) is 8.95. The molecule has 0 bridgehead atoms. The van der Waals surface area contributed by atoms with Crippen LogP contribution in [0.2, 0.25) is 0 Å². The summed E-state index contributed by atoms with van der Waals surface area (Å²) in [6.45, 7) is 1.58. The van der Waals surface area contributed by atoms with Crippen LogP contribution in [0.15, 0.2) is 23.1 Å². The number of aryl methyl sites for hydroxylation is 2. The summed E-state index contributed by atoms with van der Waals surface area (Å²) in [5, 5.41) is 0. The normalized spacial score (nSPS) is 12.8. The molecule has 0 saturated carbocycles. The second-order valence-corrected chi connectivity index (χ2v) is 5.10. The van der Waals surface area contributed by atoms with Crippen molar-refractivity contribution in [2.75, 3.05) is 0 Å². The van der Waals surface area contributed by atoms with Crippen LogP contribution in [0.5, 0.6) is 0 Å². The molecule has 1 N–H and O–H groups in total. The predicted octanol–water partition coefficient (Wildman–Crippen LogP) is 2.74. The van der Waals surface area contributed by atoms with Crippen molar-refractivity contribution in [3.8, 4) is 0 Å². The second-order valence-electron chi connectivity index (χ2n) is 3.68. The van der Waals surface area contributed by atoms with Crippen LogP contribution in [0.3, 0.4) is 0 Å². The van der Waals surface area contributed by atoms with Gasteiger partial charge in [0.05, 0.1) is 4.90 Å². The van der Waals surface area contributed by atoms with Gasteiger partial charge in [0.2, 0.25) is 0 Å². The summed E-state index contributed by atoms with van der Waals surface area (Å²) in [6, 6.07) is 3.59. The van der Waals surface area contributed by atoms with Crippen molar-refractivity contribution in [1.29, 1.82) is 0 Å². The largest absolute Gasteiger partial charge is 0.389 e. The van der Waals surface area contributed by atoms with Crippen LogP contribution < -0.4 is 0 Å². The molecule has 17 heavy (non-hydrogen) atoms. The number of hydrogen-bond donors (Lipinski definition) is 1. The van der Waals surface area contributed by atoms with E-state index in [1.807, 2.05) is 0 Å². The molecule has 1 rings (SSSR count). The summed E-state index contributed by atoms with van der Waals surface area (Å²) in [5.41, 5.74) is 0.819. The van der Waals surface area contributed by atoms with Crippen molar-refractivity contribution in [3.05, 3.63) is 29.3 Å². The van der Waals surface area contributed by atoms with E-state index in [0.29, 0.717) is 5.56 Å². The predicted molar refractivity (Wildman–Crippen MR) is 55.4 cm³/mol. The van der Waals surface area contributed by atoms with Crippen LogP contribution in [0, 0.1) is 6.92 Å². The van der Waals surface area contributed by atoms with Gasteiger partial charge in [0.25, 0.3) is 10.1 Å². The van der Waals surface area contributed by atoms with Crippen LogP contribution in [-0.4, -0.2) is 19.1 Å². The summed E-state index contributed by atoms with van der Waals surface area (Å²) < 4.78 is 66.6. The average molecular weight is 268 g/mol. The quantitative estimate of drug-likeness (QED) is 0.857. The van der Waals surface area contributed by atoms with Crippen molar-refractivity contribution >= 4 is 10.1 Å². The van der Waals surface area contributed by atoms with Crippen LogP contribution in [0.4, 0.5) is 13.2 Å². The monoisotopic (exact) mass is 268 g/mol. The summed E-state index contributed by atoms with van der Waals surface area (Å²) in [6.07, 6.45) is -5.62. The maximum Gasteiger partial charge on any atom is 0.389 e. The molecule has 1 aromatic rings. The van der Waals surface area contributed by atoms with Gasteiger partial charge in [-0.2, -0.15) is 21.6 Å². The van der Waals surface area contributed by atoms with E-state index in [2.05, 4.69) is 0 Å². The number of alkyl halides is 3. The zero-order valence-corrected chi connectivity index (χ0v) is 9.77. The van der Waals surface area contributed by atoms with Crippen molar-refractivity contribution < 1.29 is 26.1 Å². The Morgan fingerprint density at radius 2 is 1.88 bits per heavy atom. The molecule has 0 saturated heterocycles. The highest BCUT2D eigenvalue weighted by Crippen LogP contribution is 2.24. The maximum absolute atomic E-state index is 12.0. The molecule has 3 nitrogen and oxygen atoms in total. The lowest BCUT2D eigenvalue weighted by molar-refractivity contribution is -0.134. The first-order valence-corrected chi connectivity index (χ1v) is 6.17. The summed E-state index contributed by atoms with van der Waals surface area (Å²) in [4.78, 5) is -0.389. The van der Waals surface area contributed by atoms with Gasteiger partial charge in [-0.25, -0.2) is 0 Å². The molecule has 96 valence electrons. The second kappa shape index (κ2) is 4.66. The van der Waals surface area contributed by atoms with E-state index in [0.717, 1.165) is 12.1 Å². The highest BCUT2D eigenvalue weighted by atomic mass is 32.2. The minimum Gasteiger partial charge on any atom is -0.282 e. The Hall–Kier alpha value is -1.08. The third kappa shape index (κ3) is 4.35. The maximum atomic E-state index is 12.0. The number of benzene rings is 1. The standard InChI is InChI=1S/C10H11F3O3S/c1-7-2-3-9(17(14,15)16)6-8(7)4-5-10(11,12)13/h2-3,6H,4-5H2,1H3,(H,14,15,16). The topological polar surface area (TPSA) is 54.4 Å².